The summed E-state index contributed by atoms with van der Waals surface area (Å²) in [4.78, 5) is 20.9. The van der Waals surface area contributed by atoms with Crippen molar-refractivity contribution in [3.63, 3.8) is 0 Å². The van der Waals surface area contributed by atoms with Gasteiger partial charge in [0.2, 0.25) is 5.88 Å². The van der Waals surface area contributed by atoms with Gasteiger partial charge in [-0.15, -0.1) is 0 Å². The molecule has 6 nitrogen and oxygen atoms in total. The number of aliphatic imine (C=N–C) groups is 1. The Morgan fingerprint density at radius 1 is 1.27 bits per heavy atom. The number of nitriles is 1. The van der Waals surface area contributed by atoms with Gasteiger partial charge in [-0.2, -0.15) is 5.26 Å². The molecule has 0 aliphatic carbocycles. The number of nitrogens with zero attached hydrogens (tertiary/aromatic N) is 4. The Morgan fingerprint density at radius 2 is 2.04 bits per heavy atom. The molecular weight excluding hydrogens is 328 g/mol. The number of benzene rings is 1. The SMILES string of the molecule is Cc1c(C=Nc2ccccc2)c(O)n(Cc2cccnc2)c(=O)c1C#N. The van der Waals surface area contributed by atoms with Crippen molar-refractivity contribution in [2.45, 2.75) is 13.5 Å². The van der Waals surface area contributed by atoms with Crippen molar-refractivity contribution in [2.75, 3.05) is 0 Å². The molecule has 0 atom stereocenters. The minimum Gasteiger partial charge on any atom is -0.494 e. The van der Waals surface area contributed by atoms with Gasteiger partial charge >= 0.3 is 0 Å². The van der Waals surface area contributed by atoms with Crippen LogP contribution < -0.4 is 5.56 Å². The first-order valence-corrected chi connectivity index (χ1v) is 7.96. The van der Waals surface area contributed by atoms with Crippen LogP contribution in [0.4, 0.5) is 5.69 Å². The summed E-state index contributed by atoms with van der Waals surface area (Å²) in [6, 6.07) is 14.7. The van der Waals surface area contributed by atoms with Gasteiger partial charge in [-0.25, -0.2) is 0 Å². The van der Waals surface area contributed by atoms with Crippen LogP contribution in [0.3, 0.4) is 0 Å². The maximum absolute atomic E-state index is 12.6. The molecule has 3 aromatic rings. The van der Waals surface area contributed by atoms with Crippen LogP contribution in [-0.2, 0) is 6.54 Å². The first-order chi connectivity index (χ1) is 12.6. The molecule has 0 amide bonds. The first kappa shape index (κ1) is 17.1. The maximum Gasteiger partial charge on any atom is 0.271 e. The minimum atomic E-state index is -0.539. The summed E-state index contributed by atoms with van der Waals surface area (Å²) in [6.45, 7) is 1.74. The lowest BCUT2D eigenvalue weighted by atomic mass is 10.1. The van der Waals surface area contributed by atoms with Crippen molar-refractivity contribution < 1.29 is 5.11 Å². The topological polar surface area (TPSA) is 91.3 Å². The van der Waals surface area contributed by atoms with Crippen LogP contribution in [0.25, 0.3) is 0 Å². The van der Waals surface area contributed by atoms with Gasteiger partial charge in [-0.1, -0.05) is 24.3 Å². The number of para-hydroxylation sites is 1. The van der Waals surface area contributed by atoms with Gasteiger partial charge in [-0.3, -0.25) is 19.3 Å². The molecule has 1 N–H and O–H groups in total. The summed E-state index contributed by atoms with van der Waals surface area (Å²) in [5, 5.41) is 20.0. The van der Waals surface area contributed by atoms with Crippen molar-refractivity contribution in [1.82, 2.24) is 9.55 Å². The second-order valence-electron chi connectivity index (χ2n) is 5.70. The van der Waals surface area contributed by atoms with Crippen molar-refractivity contribution in [3.8, 4) is 11.9 Å². The number of hydrogen-bond acceptors (Lipinski definition) is 5. The highest BCUT2D eigenvalue weighted by Gasteiger charge is 2.18. The Morgan fingerprint density at radius 3 is 2.69 bits per heavy atom. The Balaban J connectivity index is 2.12. The molecule has 0 unspecified atom stereocenters. The third-order valence-corrected chi connectivity index (χ3v) is 4.01. The number of aromatic nitrogens is 2. The molecule has 26 heavy (non-hydrogen) atoms. The van der Waals surface area contributed by atoms with Gasteiger partial charge in [0.15, 0.2) is 0 Å². The summed E-state index contributed by atoms with van der Waals surface area (Å²) >= 11 is 0. The van der Waals surface area contributed by atoms with Crippen LogP contribution in [0.15, 0.2) is 64.6 Å². The second kappa shape index (κ2) is 7.45. The third-order valence-electron chi connectivity index (χ3n) is 4.01. The molecule has 0 saturated carbocycles. The molecule has 2 aromatic heterocycles. The largest absolute Gasteiger partial charge is 0.494 e. The molecule has 0 aliphatic rings. The molecule has 2 heterocycles. The third kappa shape index (κ3) is 3.37. The summed E-state index contributed by atoms with van der Waals surface area (Å²) < 4.78 is 1.16. The van der Waals surface area contributed by atoms with E-state index in [1.165, 1.54) is 6.21 Å². The van der Waals surface area contributed by atoms with Crippen LogP contribution in [-0.4, -0.2) is 20.9 Å². The molecule has 0 aliphatic heterocycles. The van der Waals surface area contributed by atoms with Crippen LogP contribution in [0, 0.1) is 18.3 Å². The fraction of sp³-hybridized carbons (Fsp3) is 0.100. The summed E-state index contributed by atoms with van der Waals surface area (Å²) in [6.07, 6.45) is 4.70. The number of rotatable bonds is 4. The predicted molar refractivity (Wildman–Crippen MR) is 98.9 cm³/mol. The normalized spacial score (nSPS) is 10.8. The average molecular weight is 344 g/mol. The molecule has 1 aromatic carbocycles. The molecule has 3 rings (SSSR count). The zero-order valence-electron chi connectivity index (χ0n) is 14.1. The molecule has 0 saturated heterocycles. The fourth-order valence-electron chi connectivity index (χ4n) is 2.60. The van der Waals surface area contributed by atoms with Gasteiger partial charge in [0.1, 0.15) is 11.6 Å². The second-order valence-corrected chi connectivity index (χ2v) is 5.70. The van der Waals surface area contributed by atoms with Crippen LogP contribution >= 0.6 is 0 Å². The molecule has 6 heteroatoms. The standard InChI is InChI=1S/C20H16N4O2/c1-14-17(10-21)19(25)24(13-15-6-5-9-22-11-15)20(26)18(14)12-23-16-7-3-2-4-8-16/h2-9,11-12,26H,13H2,1H3. The van der Waals surface area contributed by atoms with E-state index in [1.54, 1.807) is 31.5 Å². The Kier molecular flexibility index (Phi) is 4.90. The van der Waals surface area contributed by atoms with E-state index in [0.717, 1.165) is 10.1 Å². The molecular formula is C20H16N4O2. The summed E-state index contributed by atoms with van der Waals surface area (Å²) in [5.41, 5.74) is 1.63. The van der Waals surface area contributed by atoms with E-state index in [2.05, 4.69) is 9.98 Å². The monoisotopic (exact) mass is 344 g/mol. The number of pyridine rings is 2. The van der Waals surface area contributed by atoms with Gasteiger partial charge in [0.25, 0.3) is 5.56 Å². The smallest absolute Gasteiger partial charge is 0.271 e. The number of aromatic hydroxyl groups is 1. The summed E-state index contributed by atoms with van der Waals surface area (Å²) in [5.74, 6) is -0.227. The van der Waals surface area contributed by atoms with E-state index < -0.39 is 5.56 Å². The molecule has 0 bridgehead atoms. The van der Waals surface area contributed by atoms with Crippen LogP contribution in [0.5, 0.6) is 5.88 Å². The molecule has 0 spiro atoms. The Labute approximate surface area is 150 Å². The summed E-state index contributed by atoms with van der Waals surface area (Å²) in [7, 11) is 0. The zero-order valence-corrected chi connectivity index (χ0v) is 14.1. The van der Waals surface area contributed by atoms with Gasteiger partial charge in [0, 0.05) is 18.6 Å². The minimum absolute atomic E-state index is 0.0128. The van der Waals surface area contributed by atoms with Crippen LogP contribution in [0.1, 0.15) is 22.3 Å². The van der Waals surface area contributed by atoms with Gasteiger partial charge < -0.3 is 5.11 Å². The molecule has 128 valence electrons. The van der Waals surface area contributed by atoms with Gasteiger partial charge in [0.05, 0.1) is 17.8 Å². The van der Waals surface area contributed by atoms with Crippen molar-refractivity contribution >= 4 is 11.9 Å². The van der Waals surface area contributed by atoms with E-state index in [-0.39, 0.29) is 18.0 Å². The maximum atomic E-state index is 12.6. The van der Waals surface area contributed by atoms with Crippen molar-refractivity contribution in [2.24, 2.45) is 4.99 Å². The van der Waals surface area contributed by atoms with E-state index in [4.69, 9.17) is 0 Å². The molecule has 0 fully saturated rings. The fourth-order valence-corrected chi connectivity index (χ4v) is 2.60. The molecule has 0 radical (unpaired) electrons. The predicted octanol–water partition coefficient (Wildman–Crippen LogP) is 2.93. The zero-order chi connectivity index (χ0) is 18.5. The lowest BCUT2D eigenvalue weighted by Gasteiger charge is -2.14. The lowest BCUT2D eigenvalue weighted by Crippen LogP contribution is -2.26. The highest BCUT2D eigenvalue weighted by molar-refractivity contribution is 5.87. The Bertz CT molecular complexity index is 1050. The van der Waals surface area contributed by atoms with Crippen LogP contribution in [0.2, 0.25) is 0 Å². The lowest BCUT2D eigenvalue weighted by molar-refractivity contribution is 0.413. The van der Waals surface area contributed by atoms with E-state index in [1.807, 2.05) is 36.4 Å². The Hall–Kier alpha value is -3.72. The first-order valence-electron chi connectivity index (χ1n) is 7.96. The quantitative estimate of drug-likeness (QED) is 0.737. The average Bonchev–Trinajstić information content (AvgIpc) is 2.67. The highest BCUT2D eigenvalue weighted by atomic mass is 16.3. The van der Waals surface area contributed by atoms with E-state index in [9.17, 15) is 15.2 Å². The highest BCUT2D eigenvalue weighted by Crippen LogP contribution is 2.22. The van der Waals surface area contributed by atoms with E-state index in [0.29, 0.717) is 16.8 Å². The number of hydrogen-bond donors (Lipinski definition) is 1. The van der Waals surface area contributed by atoms with E-state index >= 15 is 0 Å². The van der Waals surface area contributed by atoms with Crippen molar-refractivity contribution in [3.05, 3.63) is 87.5 Å². The van der Waals surface area contributed by atoms with Crippen molar-refractivity contribution in [1.29, 1.82) is 5.26 Å². The van der Waals surface area contributed by atoms with Gasteiger partial charge in [-0.05, 0) is 36.2 Å².